The molecule has 0 radical (unpaired) electrons. The van der Waals surface area contributed by atoms with E-state index in [0.717, 1.165) is 79.5 Å². The highest BCUT2D eigenvalue weighted by Gasteiger charge is 2.24. The molecule has 1 aliphatic heterocycles. The molecule has 4 rings (SSSR count). The Hall–Kier alpha value is -2.44. The Balaban J connectivity index is 0.00000484. The van der Waals surface area contributed by atoms with Crippen molar-refractivity contribution in [3.63, 3.8) is 0 Å². The number of piperazine rings is 1. The molecule has 1 aliphatic rings. The number of carbonyl (C=O) groups excluding carboxylic acids is 1. The summed E-state index contributed by atoms with van der Waals surface area (Å²) in [4.78, 5) is 22.4. The van der Waals surface area contributed by atoms with E-state index in [4.69, 9.17) is 9.72 Å². The van der Waals surface area contributed by atoms with E-state index in [0.29, 0.717) is 31.8 Å². The lowest BCUT2D eigenvalue weighted by Crippen LogP contribution is -2.48. The molecule has 12 heteroatoms. The van der Waals surface area contributed by atoms with Crippen molar-refractivity contribution in [2.75, 3.05) is 63.9 Å². The van der Waals surface area contributed by atoms with Crippen LogP contribution in [-0.4, -0.2) is 87.5 Å². The van der Waals surface area contributed by atoms with Crippen LogP contribution in [0.25, 0.3) is 10.2 Å². The molecule has 232 valence electrons. The fraction of sp³-hybridized carbons (Fsp3) is 0.533. The highest BCUT2D eigenvalue weighted by molar-refractivity contribution is 7.89. The Morgan fingerprint density at radius 2 is 1.67 bits per heavy atom. The lowest BCUT2D eigenvalue weighted by atomic mass is 10.2. The molecule has 1 fully saturated rings. The third-order valence-corrected chi connectivity index (χ3v) is 10.3. The molecule has 3 aromatic rings. The van der Waals surface area contributed by atoms with E-state index in [1.165, 1.54) is 0 Å². The SMILES string of the molecule is CCCCN(CCCC)S(=O)(=O)c1ccc(C(=O)NCCN2CCN(c3nc4ccc(OCC)cc4s3)CC2)cc1.Cl. The average molecular weight is 638 g/mol. The summed E-state index contributed by atoms with van der Waals surface area (Å²) in [5, 5.41) is 4.02. The monoisotopic (exact) mass is 637 g/mol. The molecule has 0 unspecified atom stereocenters. The summed E-state index contributed by atoms with van der Waals surface area (Å²) in [5.41, 5.74) is 1.46. The van der Waals surface area contributed by atoms with Gasteiger partial charge in [-0.25, -0.2) is 13.4 Å². The summed E-state index contributed by atoms with van der Waals surface area (Å²) >= 11 is 1.69. The maximum absolute atomic E-state index is 13.2. The molecule has 2 heterocycles. The number of rotatable bonds is 15. The van der Waals surface area contributed by atoms with Crippen LogP contribution >= 0.6 is 23.7 Å². The van der Waals surface area contributed by atoms with Gasteiger partial charge in [-0.3, -0.25) is 9.69 Å². The average Bonchev–Trinajstić information content (AvgIpc) is 3.41. The van der Waals surface area contributed by atoms with Crippen LogP contribution in [0.15, 0.2) is 47.4 Å². The van der Waals surface area contributed by atoms with Crippen molar-refractivity contribution in [1.82, 2.24) is 19.5 Å². The Morgan fingerprint density at radius 3 is 2.29 bits per heavy atom. The molecule has 0 atom stereocenters. The molecular formula is C30H44ClN5O4S2. The number of carbonyl (C=O) groups is 1. The van der Waals surface area contributed by atoms with E-state index < -0.39 is 10.0 Å². The number of fused-ring (bicyclic) bond motifs is 1. The minimum absolute atomic E-state index is 0. The second-order valence-corrected chi connectivity index (χ2v) is 13.2. The third-order valence-electron chi connectivity index (χ3n) is 7.29. The number of sulfonamides is 1. The van der Waals surface area contributed by atoms with Gasteiger partial charge in [0, 0.05) is 57.9 Å². The smallest absolute Gasteiger partial charge is 0.251 e. The first-order chi connectivity index (χ1) is 19.8. The number of unbranched alkanes of at least 4 members (excludes halogenated alkanes) is 2. The predicted octanol–water partition coefficient (Wildman–Crippen LogP) is 5.26. The van der Waals surface area contributed by atoms with E-state index >= 15 is 0 Å². The highest BCUT2D eigenvalue weighted by Crippen LogP contribution is 2.32. The summed E-state index contributed by atoms with van der Waals surface area (Å²) in [6.45, 7) is 12.6. The van der Waals surface area contributed by atoms with Gasteiger partial charge in [-0.05, 0) is 62.2 Å². The molecule has 0 bridgehead atoms. The van der Waals surface area contributed by atoms with Crippen molar-refractivity contribution >= 4 is 55.0 Å². The minimum atomic E-state index is -3.57. The van der Waals surface area contributed by atoms with Crippen molar-refractivity contribution in [3.05, 3.63) is 48.0 Å². The minimum Gasteiger partial charge on any atom is -0.494 e. The summed E-state index contributed by atoms with van der Waals surface area (Å²) < 4.78 is 34.7. The first-order valence-corrected chi connectivity index (χ1v) is 17.0. The molecule has 1 aromatic heterocycles. The molecule has 1 amide bonds. The quantitative estimate of drug-likeness (QED) is 0.243. The van der Waals surface area contributed by atoms with Crippen molar-refractivity contribution < 1.29 is 17.9 Å². The van der Waals surface area contributed by atoms with Gasteiger partial charge in [0.05, 0.1) is 21.7 Å². The number of anilines is 1. The third kappa shape index (κ3) is 8.79. The van der Waals surface area contributed by atoms with Gasteiger partial charge in [-0.15, -0.1) is 12.4 Å². The number of ether oxygens (including phenoxy) is 1. The highest BCUT2D eigenvalue weighted by atomic mass is 35.5. The van der Waals surface area contributed by atoms with E-state index in [2.05, 4.69) is 35.0 Å². The fourth-order valence-corrected chi connectivity index (χ4v) is 7.39. The largest absolute Gasteiger partial charge is 0.494 e. The Labute approximate surface area is 260 Å². The summed E-state index contributed by atoms with van der Waals surface area (Å²) in [7, 11) is -3.57. The molecule has 2 aromatic carbocycles. The van der Waals surface area contributed by atoms with Gasteiger partial charge in [0.15, 0.2) is 5.13 Å². The number of nitrogens with one attached hydrogen (secondary N) is 1. The summed E-state index contributed by atoms with van der Waals surface area (Å²) in [6.07, 6.45) is 3.53. The zero-order valence-electron chi connectivity index (χ0n) is 24.9. The number of aromatic nitrogens is 1. The van der Waals surface area contributed by atoms with Gasteiger partial charge in [0.2, 0.25) is 10.0 Å². The topological polar surface area (TPSA) is 95.1 Å². The van der Waals surface area contributed by atoms with Crippen LogP contribution in [0.2, 0.25) is 0 Å². The van der Waals surface area contributed by atoms with E-state index in [1.54, 1.807) is 39.9 Å². The van der Waals surface area contributed by atoms with Crippen LogP contribution in [0.1, 0.15) is 56.8 Å². The molecular weight excluding hydrogens is 594 g/mol. The first kappa shape index (κ1) is 34.1. The molecule has 1 saturated heterocycles. The fourth-order valence-electron chi connectivity index (χ4n) is 4.83. The number of hydrogen-bond acceptors (Lipinski definition) is 8. The Morgan fingerprint density at radius 1 is 1.00 bits per heavy atom. The van der Waals surface area contributed by atoms with E-state index in [1.807, 2.05) is 19.1 Å². The number of amides is 1. The molecule has 1 N–H and O–H groups in total. The standard InChI is InChI=1S/C30H43N5O4S2.ClH/c1-4-7-16-35(17-8-5-2)41(37,38)26-12-9-24(10-13-26)29(36)31-15-18-33-19-21-34(22-20-33)30-32-27-14-11-25(39-6-3)23-28(27)40-30;/h9-14,23H,4-8,15-22H2,1-3H3,(H,31,36);1H. The Kier molecular flexibility index (Phi) is 13.3. The van der Waals surface area contributed by atoms with Crippen LogP contribution < -0.4 is 15.0 Å². The van der Waals surface area contributed by atoms with Gasteiger partial charge in [0.25, 0.3) is 5.91 Å². The second kappa shape index (κ2) is 16.4. The second-order valence-electron chi connectivity index (χ2n) is 10.3. The first-order valence-electron chi connectivity index (χ1n) is 14.7. The zero-order chi connectivity index (χ0) is 29.2. The number of nitrogens with zero attached hydrogens (tertiary/aromatic N) is 4. The van der Waals surface area contributed by atoms with Gasteiger partial charge in [-0.1, -0.05) is 38.0 Å². The maximum atomic E-state index is 13.2. The molecule has 9 nitrogen and oxygen atoms in total. The number of halogens is 1. The van der Waals surface area contributed by atoms with Gasteiger partial charge >= 0.3 is 0 Å². The van der Waals surface area contributed by atoms with Crippen molar-refractivity contribution in [2.45, 2.75) is 51.3 Å². The van der Waals surface area contributed by atoms with Crippen LogP contribution in [0, 0.1) is 0 Å². The van der Waals surface area contributed by atoms with E-state index in [9.17, 15) is 13.2 Å². The molecule has 42 heavy (non-hydrogen) atoms. The maximum Gasteiger partial charge on any atom is 0.251 e. The predicted molar refractivity (Wildman–Crippen MR) is 174 cm³/mol. The molecule has 0 saturated carbocycles. The number of thiazole rings is 1. The van der Waals surface area contributed by atoms with Crippen LogP contribution in [0.4, 0.5) is 5.13 Å². The van der Waals surface area contributed by atoms with Gasteiger partial charge in [-0.2, -0.15) is 4.31 Å². The summed E-state index contributed by atoms with van der Waals surface area (Å²) in [5.74, 6) is 0.682. The van der Waals surface area contributed by atoms with Crippen molar-refractivity contribution in [1.29, 1.82) is 0 Å². The normalized spacial score (nSPS) is 14.2. The van der Waals surface area contributed by atoms with Crippen molar-refractivity contribution in [2.24, 2.45) is 0 Å². The Bertz CT molecular complexity index is 1370. The van der Waals surface area contributed by atoms with Gasteiger partial charge in [0.1, 0.15) is 5.75 Å². The van der Waals surface area contributed by atoms with Crippen LogP contribution in [0.5, 0.6) is 5.75 Å². The van der Waals surface area contributed by atoms with E-state index in [-0.39, 0.29) is 23.2 Å². The lowest BCUT2D eigenvalue weighted by Gasteiger charge is -2.34. The van der Waals surface area contributed by atoms with Crippen LogP contribution in [-0.2, 0) is 10.0 Å². The van der Waals surface area contributed by atoms with Crippen LogP contribution in [0.3, 0.4) is 0 Å². The van der Waals surface area contributed by atoms with Gasteiger partial charge < -0.3 is 15.0 Å². The molecule has 0 aliphatic carbocycles. The zero-order valence-corrected chi connectivity index (χ0v) is 27.3. The number of hydrogen-bond donors (Lipinski definition) is 1. The van der Waals surface area contributed by atoms with Crippen molar-refractivity contribution in [3.8, 4) is 5.75 Å². The molecule has 0 spiro atoms. The number of benzene rings is 2. The summed E-state index contributed by atoms with van der Waals surface area (Å²) in [6, 6.07) is 12.3. The lowest BCUT2D eigenvalue weighted by molar-refractivity contribution is 0.0947.